The molecule has 1 atom stereocenters. The molecule has 1 aromatic rings. The Kier molecular flexibility index (Phi) is 4.74. The van der Waals surface area contributed by atoms with Gasteiger partial charge in [-0.1, -0.05) is 19.1 Å². The number of nitrogens with one attached hydrogen (secondary N) is 3. The Bertz CT molecular complexity index is 480. The van der Waals surface area contributed by atoms with Gasteiger partial charge in [0, 0.05) is 25.1 Å². The van der Waals surface area contributed by atoms with Crippen LogP contribution >= 0.6 is 0 Å². The third-order valence-electron chi connectivity index (χ3n) is 3.67. The number of anilines is 1. The molecule has 1 heterocycles. The minimum Gasteiger partial charge on any atom is -0.352 e. The summed E-state index contributed by atoms with van der Waals surface area (Å²) >= 11 is 0. The fraction of sp³-hybridized carbons (Fsp3) is 0.467. The Hall–Kier alpha value is -1.88. The second-order valence-electron chi connectivity index (χ2n) is 5.30. The maximum Gasteiger partial charge on any atom is 0.223 e. The minimum atomic E-state index is -0.0889. The van der Waals surface area contributed by atoms with Gasteiger partial charge in [-0.05, 0) is 36.7 Å². The van der Waals surface area contributed by atoms with Crippen molar-refractivity contribution in [2.45, 2.75) is 20.4 Å². The van der Waals surface area contributed by atoms with Gasteiger partial charge in [-0.15, -0.1) is 0 Å². The zero-order valence-electron chi connectivity index (χ0n) is 11.9. The lowest BCUT2D eigenvalue weighted by molar-refractivity contribution is -0.126. The first-order valence-corrected chi connectivity index (χ1v) is 6.91. The summed E-state index contributed by atoms with van der Waals surface area (Å²) in [5.74, 6) is 0.517. The zero-order valence-corrected chi connectivity index (χ0v) is 11.9. The fourth-order valence-corrected chi connectivity index (χ4v) is 2.14. The van der Waals surface area contributed by atoms with Gasteiger partial charge >= 0.3 is 0 Å². The van der Waals surface area contributed by atoms with Crippen molar-refractivity contribution < 1.29 is 9.59 Å². The standard InChI is InChI=1S/C15H21N3O2/c1-10(13-8-16-9-13)15(20)17-7-12-3-5-14(6-4-12)18-11(2)19/h3-6,10,13,16H,7-9H2,1-2H3,(H,17,20)(H,18,19). The average Bonchev–Trinajstić information content (AvgIpc) is 2.34. The van der Waals surface area contributed by atoms with Gasteiger partial charge in [0.15, 0.2) is 0 Å². The molecule has 1 unspecified atom stereocenters. The molecular formula is C15H21N3O2. The number of carbonyl (C=O) groups excluding carboxylic acids is 2. The summed E-state index contributed by atoms with van der Waals surface area (Å²) in [6.07, 6.45) is 0. The summed E-state index contributed by atoms with van der Waals surface area (Å²) in [6.45, 7) is 5.83. The molecule has 0 radical (unpaired) electrons. The predicted molar refractivity (Wildman–Crippen MR) is 78.1 cm³/mol. The van der Waals surface area contributed by atoms with E-state index >= 15 is 0 Å². The summed E-state index contributed by atoms with van der Waals surface area (Å²) in [7, 11) is 0. The van der Waals surface area contributed by atoms with Gasteiger partial charge < -0.3 is 16.0 Å². The van der Waals surface area contributed by atoms with Crippen LogP contribution in [-0.2, 0) is 16.1 Å². The van der Waals surface area contributed by atoms with Crippen molar-refractivity contribution in [3.63, 3.8) is 0 Å². The van der Waals surface area contributed by atoms with Crippen LogP contribution < -0.4 is 16.0 Å². The van der Waals surface area contributed by atoms with E-state index in [0.29, 0.717) is 12.5 Å². The topological polar surface area (TPSA) is 70.2 Å². The third kappa shape index (κ3) is 3.81. The van der Waals surface area contributed by atoms with Gasteiger partial charge in [0.05, 0.1) is 0 Å². The molecule has 0 bridgehead atoms. The maximum atomic E-state index is 12.0. The van der Waals surface area contributed by atoms with Crippen LogP contribution in [0.2, 0.25) is 0 Å². The number of hydrogen-bond acceptors (Lipinski definition) is 3. The molecule has 1 saturated heterocycles. The molecule has 2 rings (SSSR count). The smallest absolute Gasteiger partial charge is 0.223 e. The molecule has 0 spiro atoms. The number of rotatable bonds is 5. The highest BCUT2D eigenvalue weighted by Crippen LogP contribution is 2.16. The third-order valence-corrected chi connectivity index (χ3v) is 3.67. The van der Waals surface area contributed by atoms with Crippen molar-refractivity contribution in [2.75, 3.05) is 18.4 Å². The van der Waals surface area contributed by atoms with Gasteiger partial charge in [0.2, 0.25) is 11.8 Å². The minimum absolute atomic E-state index is 0.0508. The van der Waals surface area contributed by atoms with Crippen LogP contribution in [0.3, 0.4) is 0 Å². The molecule has 0 aliphatic carbocycles. The van der Waals surface area contributed by atoms with Crippen molar-refractivity contribution in [3.05, 3.63) is 29.8 Å². The lowest BCUT2D eigenvalue weighted by atomic mass is 9.88. The van der Waals surface area contributed by atoms with Crippen molar-refractivity contribution in [3.8, 4) is 0 Å². The Morgan fingerprint density at radius 1 is 1.30 bits per heavy atom. The molecule has 1 aliphatic rings. The molecular weight excluding hydrogens is 254 g/mol. The van der Waals surface area contributed by atoms with E-state index in [1.807, 2.05) is 31.2 Å². The summed E-state index contributed by atoms with van der Waals surface area (Å²) < 4.78 is 0. The number of amides is 2. The molecule has 1 fully saturated rings. The van der Waals surface area contributed by atoms with Crippen LogP contribution in [-0.4, -0.2) is 24.9 Å². The zero-order chi connectivity index (χ0) is 14.5. The number of benzene rings is 1. The van der Waals surface area contributed by atoms with Crippen LogP contribution in [0.25, 0.3) is 0 Å². The van der Waals surface area contributed by atoms with Gasteiger partial charge in [-0.2, -0.15) is 0 Å². The van der Waals surface area contributed by atoms with E-state index in [-0.39, 0.29) is 17.7 Å². The Labute approximate surface area is 119 Å². The van der Waals surface area contributed by atoms with Crippen LogP contribution in [0.4, 0.5) is 5.69 Å². The Morgan fingerprint density at radius 3 is 2.45 bits per heavy atom. The first-order chi connectivity index (χ1) is 9.56. The monoisotopic (exact) mass is 275 g/mol. The summed E-state index contributed by atoms with van der Waals surface area (Å²) in [5.41, 5.74) is 1.79. The van der Waals surface area contributed by atoms with Crippen molar-refractivity contribution in [1.29, 1.82) is 0 Å². The molecule has 2 amide bonds. The summed E-state index contributed by atoms with van der Waals surface area (Å²) in [5, 5.41) is 8.84. The van der Waals surface area contributed by atoms with Crippen LogP contribution in [0.1, 0.15) is 19.4 Å². The van der Waals surface area contributed by atoms with E-state index in [9.17, 15) is 9.59 Å². The highest BCUT2D eigenvalue weighted by molar-refractivity contribution is 5.88. The van der Waals surface area contributed by atoms with Crippen LogP contribution in [0, 0.1) is 11.8 Å². The largest absolute Gasteiger partial charge is 0.352 e. The normalized spacial score (nSPS) is 16.1. The molecule has 0 aromatic heterocycles. The molecule has 0 saturated carbocycles. The molecule has 1 aliphatic heterocycles. The number of carbonyl (C=O) groups is 2. The quantitative estimate of drug-likeness (QED) is 0.754. The van der Waals surface area contributed by atoms with Crippen LogP contribution in [0.15, 0.2) is 24.3 Å². The van der Waals surface area contributed by atoms with E-state index in [1.54, 1.807) is 0 Å². The average molecular weight is 275 g/mol. The second kappa shape index (κ2) is 6.52. The highest BCUT2D eigenvalue weighted by Gasteiger charge is 2.28. The Morgan fingerprint density at radius 2 is 1.95 bits per heavy atom. The van der Waals surface area contributed by atoms with Gasteiger partial charge in [0.1, 0.15) is 0 Å². The lowest BCUT2D eigenvalue weighted by Crippen LogP contribution is -2.49. The summed E-state index contributed by atoms with van der Waals surface area (Å²) in [4.78, 5) is 22.9. The van der Waals surface area contributed by atoms with E-state index in [0.717, 1.165) is 24.3 Å². The first kappa shape index (κ1) is 14.5. The van der Waals surface area contributed by atoms with Gasteiger partial charge in [0.25, 0.3) is 0 Å². The summed E-state index contributed by atoms with van der Waals surface area (Å²) in [6, 6.07) is 7.48. The molecule has 1 aromatic carbocycles. The molecule has 5 heteroatoms. The van der Waals surface area contributed by atoms with Gasteiger partial charge in [-0.25, -0.2) is 0 Å². The SMILES string of the molecule is CC(=O)Nc1ccc(CNC(=O)C(C)C2CNC2)cc1. The molecule has 3 N–H and O–H groups in total. The Balaban J connectivity index is 1.81. The van der Waals surface area contributed by atoms with Crippen molar-refractivity contribution in [2.24, 2.45) is 11.8 Å². The molecule has 20 heavy (non-hydrogen) atoms. The van der Waals surface area contributed by atoms with E-state index in [1.165, 1.54) is 6.92 Å². The highest BCUT2D eigenvalue weighted by atomic mass is 16.2. The number of hydrogen-bond donors (Lipinski definition) is 3. The lowest BCUT2D eigenvalue weighted by Gasteiger charge is -2.31. The van der Waals surface area contributed by atoms with Crippen LogP contribution in [0.5, 0.6) is 0 Å². The predicted octanol–water partition coefficient (Wildman–Crippen LogP) is 1.12. The maximum absolute atomic E-state index is 12.0. The van der Waals surface area contributed by atoms with Crippen molar-refractivity contribution in [1.82, 2.24) is 10.6 Å². The van der Waals surface area contributed by atoms with E-state index < -0.39 is 0 Å². The molecule has 5 nitrogen and oxygen atoms in total. The van der Waals surface area contributed by atoms with E-state index in [2.05, 4.69) is 16.0 Å². The second-order valence-corrected chi connectivity index (χ2v) is 5.30. The molecule has 108 valence electrons. The van der Waals surface area contributed by atoms with Gasteiger partial charge in [-0.3, -0.25) is 9.59 Å². The van der Waals surface area contributed by atoms with Crippen molar-refractivity contribution >= 4 is 17.5 Å². The fourth-order valence-electron chi connectivity index (χ4n) is 2.14. The first-order valence-electron chi connectivity index (χ1n) is 6.91. The van der Waals surface area contributed by atoms with E-state index in [4.69, 9.17) is 0 Å².